The fraction of sp³-hybridized carbons (Fsp3) is 0.182. The van der Waals surface area contributed by atoms with Crippen molar-refractivity contribution in [1.29, 1.82) is 0 Å². The molecule has 0 saturated heterocycles. The summed E-state index contributed by atoms with van der Waals surface area (Å²) in [5, 5.41) is 3.11. The van der Waals surface area contributed by atoms with Crippen LogP contribution >= 0.6 is 0 Å². The van der Waals surface area contributed by atoms with E-state index in [0.29, 0.717) is 16.9 Å². The lowest BCUT2D eigenvalue weighted by Gasteiger charge is -2.12. The number of carbonyl (C=O) groups excluding carboxylic acids is 2. The van der Waals surface area contributed by atoms with Crippen molar-refractivity contribution in [3.8, 4) is 5.75 Å². The van der Waals surface area contributed by atoms with Crippen molar-refractivity contribution in [2.45, 2.75) is 20.0 Å². The van der Waals surface area contributed by atoms with Gasteiger partial charge in [0.15, 0.2) is 0 Å². The van der Waals surface area contributed by atoms with E-state index >= 15 is 0 Å². The van der Waals surface area contributed by atoms with E-state index in [1.807, 2.05) is 44.2 Å². The highest BCUT2D eigenvalue weighted by Gasteiger charge is 2.38. The van der Waals surface area contributed by atoms with Crippen LogP contribution in [0.25, 0.3) is 5.57 Å². The summed E-state index contributed by atoms with van der Waals surface area (Å²) in [5.41, 5.74) is 2.02. The summed E-state index contributed by atoms with van der Waals surface area (Å²) < 4.78 is 5.65. The monoisotopic (exact) mass is 362 g/mol. The second kappa shape index (κ2) is 7.91. The van der Waals surface area contributed by atoms with Crippen molar-refractivity contribution in [2.24, 2.45) is 0 Å². The molecule has 1 heterocycles. The standard InChI is InChI=1S/C22H22N2O3/c1-4-14-24-21(25)19(16-10-12-18(13-11-16)27-15(2)3)20(22(24)26)23-17-8-6-5-7-9-17/h4-13,15,23H,1,14H2,2-3H3. The zero-order valence-corrected chi connectivity index (χ0v) is 15.4. The molecule has 2 aromatic rings. The van der Waals surface area contributed by atoms with Gasteiger partial charge in [-0.15, -0.1) is 6.58 Å². The largest absolute Gasteiger partial charge is 0.491 e. The van der Waals surface area contributed by atoms with Gasteiger partial charge in [0.1, 0.15) is 11.4 Å². The van der Waals surface area contributed by atoms with E-state index < -0.39 is 0 Å². The van der Waals surface area contributed by atoms with Crippen LogP contribution in [-0.4, -0.2) is 29.4 Å². The van der Waals surface area contributed by atoms with Crippen molar-refractivity contribution in [3.05, 3.63) is 78.5 Å². The Kier molecular flexibility index (Phi) is 5.41. The Morgan fingerprint density at radius 3 is 2.30 bits per heavy atom. The van der Waals surface area contributed by atoms with Gasteiger partial charge in [-0.05, 0) is 43.7 Å². The molecule has 0 unspecified atom stereocenters. The van der Waals surface area contributed by atoms with Crippen LogP contribution in [0.15, 0.2) is 72.9 Å². The molecule has 5 heteroatoms. The molecular weight excluding hydrogens is 340 g/mol. The maximum absolute atomic E-state index is 12.9. The zero-order valence-electron chi connectivity index (χ0n) is 15.4. The zero-order chi connectivity index (χ0) is 19.4. The maximum Gasteiger partial charge on any atom is 0.278 e. The highest BCUT2D eigenvalue weighted by atomic mass is 16.5. The Balaban J connectivity index is 2.01. The molecule has 1 aliphatic heterocycles. The van der Waals surface area contributed by atoms with E-state index in [0.717, 1.165) is 5.69 Å². The van der Waals surface area contributed by atoms with Crippen LogP contribution in [-0.2, 0) is 9.59 Å². The summed E-state index contributed by atoms with van der Waals surface area (Å²) in [5.74, 6) is 0.0174. The lowest BCUT2D eigenvalue weighted by atomic mass is 10.0. The molecule has 5 nitrogen and oxygen atoms in total. The molecule has 0 aromatic heterocycles. The average molecular weight is 362 g/mol. The van der Waals surface area contributed by atoms with Crippen molar-refractivity contribution in [3.63, 3.8) is 0 Å². The molecule has 27 heavy (non-hydrogen) atoms. The summed E-state index contributed by atoms with van der Waals surface area (Å²) in [4.78, 5) is 26.9. The van der Waals surface area contributed by atoms with E-state index in [9.17, 15) is 9.59 Å². The first-order valence-corrected chi connectivity index (χ1v) is 8.81. The first-order chi connectivity index (χ1) is 13.0. The molecule has 0 aliphatic carbocycles. The molecule has 0 saturated carbocycles. The minimum atomic E-state index is -0.360. The Morgan fingerprint density at radius 1 is 1.04 bits per heavy atom. The van der Waals surface area contributed by atoms with Crippen molar-refractivity contribution in [2.75, 3.05) is 11.9 Å². The predicted molar refractivity (Wildman–Crippen MR) is 106 cm³/mol. The molecule has 3 rings (SSSR count). The SMILES string of the molecule is C=CCN1C(=O)C(Nc2ccccc2)=C(c2ccc(OC(C)C)cc2)C1=O. The molecule has 0 fully saturated rings. The number of carbonyl (C=O) groups is 2. The normalized spacial score (nSPS) is 14.1. The minimum Gasteiger partial charge on any atom is -0.491 e. The number of benzene rings is 2. The van der Waals surface area contributed by atoms with Crippen LogP contribution in [0.4, 0.5) is 5.69 Å². The second-order valence-corrected chi connectivity index (χ2v) is 6.44. The quantitative estimate of drug-likeness (QED) is 0.600. The summed E-state index contributed by atoms with van der Waals surface area (Å²) in [6.07, 6.45) is 1.60. The van der Waals surface area contributed by atoms with Gasteiger partial charge >= 0.3 is 0 Å². The fourth-order valence-electron chi connectivity index (χ4n) is 2.89. The Labute approximate surface area is 158 Å². The van der Waals surface area contributed by atoms with Gasteiger partial charge in [0, 0.05) is 12.2 Å². The lowest BCUT2D eigenvalue weighted by Crippen LogP contribution is -2.32. The number of hydrogen-bond acceptors (Lipinski definition) is 4. The van der Waals surface area contributed by atoms with Gasteiger partial charge in [-0.2, -0.15) is 0 Å². The molecule has 0 atom stereocenters. The van der Waals surface area contributed by atoms with E-state index in [-0.39, 0.29) is 30.2 Å². The number of imide groups is 1. The molecule has 1 aliphatic rings. The van der Waals surface area contributed by atoms with Crippen LogP contribution in [0.5, 0.6) is 5.75 Å². The van der Waals surface area contributed by atoms with Gasteiger partial charge in [0.25, 0.3) is 11.8 Å². The Hall–Kier alpha value is -3.34. The van der Waals surface area contributed by atoms with E-state index in [1.54, 1.807) is 30.3 Å². The highest BCUT2D eigenvalue weighted by molar-refractivity contribution is 6.36. The molecule has 0 radical (unpaired) electrons. The number of amides is 2. The van der Waals surface area contributed by atoms with E-state index in [2.05, 4.69) is 11.9 Å². The highest BCUT2D eigenvalue weighted by Crippen LogP contribution is 2.31. The maximum atomic E-state index is 12.9. The van der Waals surface area contributed by atoms with Crippen LogP contribution in [0.1, 0.15) is 19.4 Å². The number of anilines is 1. The molecule has 2 amide bonds. The van der Waals surface area contributed by atoms with Gasteiger partial charge in [0.05, 0.1) is 11.7 Å². The lowest BCUT2D eigenvalue weighted by molar-refractivity contribution is -0.136. The number of rotatable bonds is 7. The number of para-hydroxylation sites is 1. The molecule has 1 N–H and O–H groups in total. The van der Waals surface area contributed by atoms with Crippen molar-refractivity contribution in [1.82, 2.24) is 4.90 Å². The van der Waals surface area contributed by atoms with Crippen molar-refractivity contribution >= 4 is 23.1 Å². The molecule has 138 valence electrons. The minimum absolute atomic E-state index is 0.0585. The van der Waals surface area contributed by atoms with Crippen LogP contribution in [0.3, 0.4) is 0 Å². The summed E-state index contributed by atoms with van der Waals surface area (Å²) in [7, 11) is 0. The molecule has 0 bridgehead atoms. The first kappa shape index (κ1) is 18.5. The molecular formula is C22H22N2O3. The van der Waals surface area contributed by atoms with Crippen LogP contribution in [0, 0.1) is 0 Å². The van der Waals surface area contributed by atoms with Gasteiger partial charge in [-0.3, -0.25) is 14.5 Å². The first-order valence-electron chi connectivity index (χ1n) is 8.81. The third kappa shape index (κ3) is 3.92. The topological polar surface area (TPSA) is 58.6 Å². The number of nitrogens with zero attached hydrogens (tertiary/aromatic N) is 1. The number of nitrogens with one attached hydrogen (secondary N) is 1. The van der Waals surface area contributed by atoms with Crippen LogP contribution < -0.4 is 10.1 Å². The van der Waals surface area contributed by atoms with E-state index in [4.69, 9.17) is 4.74 Å². The Morgan fingerprint density at radius 2 is 1.70 bits per heavy atom. The number of hydrogen-bond donors (Lipinski definition) is 1. The summed E-state index contributed by atoms with van der Waals surface area (Å²) in [6.45, 7) is 7.70. The predicted octanol–water partition coefficient (Wildman–Crippen LogP) is 3.85. The van der Waals surface area contributed by atoms with Gasteiger partial charge in [0.2, 0.25) is 0 Å². The van der Waals surface area contributed by atoms with Gasteiger partial charge < -0.3 is 10.1 Å². The smallest absolute Gasteiger partial charge is 0.278 e. The van der Waals surface area contributed by atoms with Crippen LogP contribution in [0.2, 0.25) is 0 Å². The summed E-state index contributed by atoms with van der Waals surface area (Å²) in [6, 6.07) is 16.5. The fourth-order valence-corrected chi connectivity index (χ4v) is 2.89. The number of ether oxygens (including phenoxy) is 1. The molecule has 0 spiro atoms. The van der Waals surface area contributed by atoms with Crippen molar-refractivity contribution < 1.29 is 14.3 Å². The Bertz CT molecular complexity index is 884. The third-order valence-electron chi connectivity index (χ3n) is 4.04. The second-order valence-electron chi connectivity index (χ2n) is 6.44. The molecule has 2 aromatic carbocycles. The van der Waals surface area contributed by atoms with Gasteiger partial charge in [-0.1, -0.05) is 36.4 Å². The average Bonchev–Trinajstić information content (AvgIpc) is 2.88. The third-order valence-corrected chi connectivity index (χ3v) is 4.04. The summed E-state index contributed by atoms with van der Waals surface area (Å²) >= 11 is 0. The van der Waals surface area contributed by atoms with E-state index in [1.165, 1.54) is 4.90 Å². The van der Waals surface area contributed by atoms with Gasteiger partial charge in [-0.25, -0.2) is 0 Å².